The molecule has 0 radical (unpaired) electrons. The second kappa shape index (κ2) is 7.71. The summed E-state index contributed by atoms with van der Waals surface area (Å²) in [5, 5.41) is 8.60. The Bertz CT molecular complexity index is 553. The van der Waals surface area contributed by atoms with Gasteiger partial charge in [0.25, 0.3) is 0 Å². The van der Waals surface area contributed by atoms with Crippen molar-refractivity contribution in [1.82, 2.24) is 14.3 Å². The third kappa shape index (κ3) is 4.10. The van der Waals surface area contributed by atoms with Gasteiger partial charge in [0.2, 0.25) is 16.0 Å². The highest BCUT2D eigenvalue weighted by Crippen LogP contribution is 2.14. The molecule has 10 heteroatoms. The van der Waals surface area contributed by atoms with Crippen molar-refractivity contribution in [3.05, 3.63) is 12.4 Å². The van der Waals surface area contributed by atoms with Crippen molar-refractivity contribution in [3.8, 4) is 6.07 Å². The molecule has 110 valence electrons. The van der Waals surface area contributed by atoms with Gasteiger partial charge >= 0.3 is 0 Å². The average Bonchev–Trinajstić information content (AvgIpc) is 2.47. The highest BCUT2D eigenvalue weighted by molar-refractivity contribution is 7.89. The van der Waals surface area contributed by atoms with Crippen LogP contribution >= 0.6 is 0 Å². The molecule has 1 aromatic rings. The SMILES string of the molecule is COCCN(CCC#N)S(=O)(=O)c1cnc(NN)nc1. The second-order valence-corrected chi connectivity index (χ2v) is 5.63. The van der Waals surface area contributed by atoms with Crippen LogP contribution in [0, 0.1) is 11.3 Å². The third-order valence-corrected chi connectivity index (χ3v) is 4.26. The summed E-state index contributed by atoms with van der Waals surface area (Å²) < 4.78 is 30.8. The molecular formula is C10H16N6O3S. The number of nitrogens with one attached hydrogen (secondary N) is 1. The molecule has 0 atom stereocenters. The quantitative estimate of drug-likeness (QED) is 0.476. The van der Waals surface area contributed by atoms with E-state index in [1.54, 1.807) is 0 Å². The lowest BCUT2D eigenvalue weighted by Gasteiger charge is -2.20. The lowest BCUT2D eigenvalue weighted by atomic mass is 10.4. The fraction of sp³-hybridized carbons (Fsp3) is 0.500. The molecule has 0 aliphatic rings. The van der Waals surface area contributed by atoms with Gasteiger partial charge in [0.1, 0.15) is 4.90 Å². The van der Waals surface area contributed by atoms with Crippen LogP contribution in [0.25, 0.3) is 0 Å². The zero-order valence-corrected chi connectivity index (χ0v) is 11.8. The van der Waals surface area contributed by atoms with E-state index >= 15 is 0 Å². The fourth-order valence-electron chi connectivity index (χ4n) is 1.39. The van der Waals surface area contributed by atoms with Crippen molar-refractivity contribution in [2.45, 2.75) is 11.3 Å². The van der Waals surface area contributed by atoms with Crippen LogP contribution in [0.1, 0.15) is 6.42 Å². The van der Waals surface area contributed by atoms with E-state index < -0.39 is 10.0 Å². The zero-order chi connectivity index (χ0) is 15.0. The van der Waals surface area contributed by atoms with E-state index in [1.807, 2.05) is 6.07 Å². The number of rotatable bonds is 8. The molecule has 1 rings (SSSR count). The normalized spacial score (nSPS) is 11.3. The molecule has 0 aliphatic carbocycles. The molecule has 9 nitrogen and oxygen atoms in total. The number of nitrogens with two attached hydrogens (primary N) is 1. The number of hydrazine groups is 1. The number of ether oxygens (including phenoxy) is 1. The molecule has 0 amide bonds. The molecule has 0 aliphatic heterocycles. The molecule has 0 spiro atoms. The Kier molecular flexibility index (Phi) is 6.26. The van der Waals surface area contributed by atoms with Crippen molar-refractivity contribution < 1.29 is 13.2 Å². The monoisotopic (exact) mass is 300 g/mol. The van der Waals surface area contributed by atoms with E-state index in [1.165, 1.54) is 7.11 Å². The van der Waals surface area contributed by atoms with Crippen LogP contribution in [0.2, 0.25) is 0 Å². The van der Waals surface area contributed by atoms with E-state index in [4.69, 9.17) is 15.8 Å². The van der Waals surface area contributed by atoms with Gasteiger partial charge < -0.3 is 4.74 Å². The van der Waals surface area contributed by atoms with Crippen molar-refractivity contribution in [1.29, 1.82) is 5.26 Å². The molecule has 1 heterocycles. The number of hydrogen-bond acceptors (Lipinski definition) is 8. The summed E-state index contributed by atoms with van der Waals surface area (Å²) >= 11 is 0. The number of sulfonamides is 1. The highest BCUT2D eigenvalue weighted by Gasteiger charge is 2.24. The highest BCUT2D eigenvalue weighted by atomic mass is 32.2. The minimum absolute atomic E-state index is 0.0643. The minimum atomic E-state index is -3.76. The maximum Gasteiger partial charge on any atom is 0.246 e. The van der Waals surface area contributed by atoms with Gasteiger partial charge in [-0.3, -0.25) is 5.43 Å². The Morgan fingerprint density at radius 3 is 2.60 bits per heavy atom. The predicted octanol–water partition coefficient (Wildman–Crippen LogP) is -0.687. The number of nitriles is 1. The van der Waals surface area contributed by atoms with E-state index in [-0.39, 0.29) is 37.0 Å². The van der Waals surface area contributed by atoms with Crippen molar-refractivity contribution >= 4 is 16.0 Å². The van der Waals surface area contributed by atoms with E-state index in [9.17, 15) is 8.42 Å². The van der Waals surface area contributed by atoms with Crippen LogP contribution in [0.5, 0.6) is 0 Å². The van der Waals surface area contributed by atoms with Crippen molar-refractivity contribution in [2.24, 2.45) is 5.84 Å². The van der Waals surface area contributed by atoms with E-state index in [2.05, 4.69) is 15.4 Å². The second-order valence-electron chi connectivity index (χ2n) is 3.69. The molecule has 20 heavy (non-hydrogen) atoms. The Balaban J connectivity index is 2.97. The summed E-state index contributed by atoms with van der Waals surface area (Å²) in [5.74, 6) is 5.23. The number of methoxy groups -OCH3 is 1. The maximum absolute atomic E-state index is 12.4. The van der Waals surface area contributed by atoms with Crippen LogP contribution < -0.4 is 11.3 Å². The first-order chi connectivity index (χ1) is 9.56. The van der Waals surface area contributed by atoms with Crippen molar-refractivity contribution in [3.63, 3.8) is 0 Å². The molecular weight excluding hydrogens is 284 g/mol. The van der Waals surface area contributed by atoms with E-state index in [0.29, 0.717) is 0 Å². The Labute approximate surface area is 117 Å². The Morgan fingerprint density at radius 2 is 2.10 bits per heavy atom. The van der Waals surface area contributed by atoms with Crippen LogP contribution in [0.4, 0.5) is 5.95 Å². The summed E-state index contributed by atoms with van der Waals surface area (Å²) in [7, 11) is -2.29. The van der Waals surface area contributed by atoms with Gasteiger partial charge in [-0.05, 0) is 0 Å². The standard InChI is InChI=1S/C10H16N6O3S/c1-19-6-5-16(4-2-3-11)20(17,18)9-7-13-10(15-12)14-8-9/h7-8H,2,4-6,12H2,1H3,(H,13,14,15). The number of aromatic nitrogens is 2. The number of anilines is 1. The van der Waals surface area contributed by atoms with Crippen LogP contribution in [0.3, 0.4) is 0 Å². The Morgan fingerprint density at radius 1 is 1.45 bits per heavy atom. The number of nitrogens with zero attached hydrogens (tertiary/aromatic N) is 4. The first-order valence-corrected chi connectivity index (χ1v) is 7.15. The van der Waals surface area contributed by atoms with Gasteiger partial charge in [-0.1, -0.05) is 0 Å². The topological polar surface area (TPSA) is 134 Å². The van der Waals surface area contributed by atoms with Gasteiger partial charge in [-0.25, -0.2) is 24.2 Å². The van der Waals surface area contributed by atoms with Crippen molar-refractivity contribution in [2.75, 3.05) is 32.2 Å². The molecule has 0 fully saturated rings. The fourth-order valence-corrected chi connectivity index (χ4v) is 2.71. The number of nitrogen functional groups attached to an aromatic ring is 1. The summed E-state index contributed by atoms with van der Waals surface area (Å²) in [6, 6.07) is 1.91. The molecule has 0 unspecified atom stereocenters. The lowest BCUT2D eigenvalue weighted by Crippen LogP contribution is -2.35. The van der Waals surface area contributed by atoms with E-state index in [0.717, 1.165) is 16.7 Å². The largest absolute Gasteiger partial charge is 0.383 e. The summed E-state index contributed by atoms with van der Waals surface area (Å²) in [4.78, 5) is 7.45. The van der Waals surface area contributed by atoms with Gasteiger partial charge in [0, 0.05) is 26.6 Å². The van der Waals surface area contributed by atoms with Crippen LogP contribution in [0.15, 0.2) is 17.3 Å². The van der Waals surface area contributed by atoms with Gasteiger partial charge in [0.15, 0.2) is 0 Å². The molecule has 3 N–H and O–H groups in total. The molecule has 0 bridgehead atoms. The number of hydrogen-bond donors (Lipinski definition) is 2. The van der Waals surface area contributed by atoms with Gasteiger partial charge in [0.05, 0.1) is 25.1 Å². The average molecular weight is 300 g/mol. The predicted molar refractivity (Wildman–Crippen MR) is 70.7 cm³/mol. The molecule has 0 saturated heterocycles. The minimum Gasteiger partial charge on any atom is -0.383 e. The molecule has 0 saturated carbocycles. The molecule has 0 aromatic carbocycles. The van der Waals surface area contributed by atoms with Gasteiger partial charge in [-0.15, -0.1) is 0 Å². The zero-order valence-electron chi connectivity index (χ0n) is 11.0. The van der Waals surface area contributed by atoms with Gasteiger partial charge in [-0.2, -0.15) is 9.57 Å². The first kappa shape index (κ1) is 16.3. The molecule has 1 aromatic heterocycles. The summed E-state index contributed by atoms with van der Waals surface area (Å²) in [5.41, 5.74) is 2.21. The van der Waals surface area contributed by atoms with Crippen LogP contribution in [-0.4, -0.2) is 49.5 Å². The first-order valence-electron chi connectivity index (χ1n) is 5.71. The summed E-state index contributed by atoms with van der Waals surface area (Å²) in [6.45, 7) is 0.463. The summed E-state index contributed by atoms with van der Waals surface area (Å²) in [6.07, 6.45) is 2.40. The third-order valence-electron chi connectivity index (χ3n) is 2.41. The van der Waals surface area contributed by atoms with Crippen LogP contribution in [-0.2, 0) is 14.8 Å². The lowest BCUT2D eigenvalue weighted by molar-refractivity contribution is 0.179. The smallest absolute Gasteiger partial charge is 0.246 e. The Hall–Kier alpha value is -1.80. The maximum atomic E-state index is 12.4.